The number of hydrogen-bond acceptors (Lipinski definition) is 5. The maximum Gasteiger partial charge on any atom is 0.116 e. The Balaban J connectivity index is 2.10. The van der Waals surface area contributed by atoms with Gasteiger partial charge in [0, 0.05) is 35.0 Å². The molecule has 148 valence electrons. The van der Waals surface area contributed by atoms with Crippen LogP contribution in [0.4, 0.5) is 5.69 Å². The fraction of sp³-hybridized carbons (Fsp3) is 0.273. The van der Waals surface area contributed by atoms with Crippen LogP contribution in [0.3, 0.4) is 0 Å². The van der Waals surface area contributed by atoms with Crippen LogP contribution >= 0.6 is 0 Å². The molecule has 0 amide bonds. The molecule has 1 unspecified atom stereocenters. The number of nitrogens with one attached hydrogen (secondary N) is 1. The number of anilines is 1. The summed E-state index contributed by atoms with van der Waals surface area (Å²) in [6.07, 6.45) is 5.62. The summed E-state index contributed by atoms with van der Waals surface area (Å²) in [5.74, 6) is 6.42. The highest BCUT2D eigenvalue weighted by Gasteiger charge is 2.12. The molecular formula is C22H23N5OS. The first kappa shape index (κ1) is 20.6. The Hall–Kier alpha value is -3.11. The van der Waals surface area contributed by atoms with Gasteiger partial charge in [0.2, 0.25) is 0 Å². The second kappa shape index (κ2) is 8.93. The summed E-state index contributed by atoms with van der Waals surface area (Å²) in [5.41, 5.74) is 7.53. The molecule has 0 bridgehead atoms. The first-order valence-electron chi connectivity index (χ1n) is 9.25. The van der Waals surface area contributed by atoms with Crippen LogP contribution in [0, 0.1) is 32.6 Å². The Kier molecular flexibility index (Phi) is 6.35. The quantitative estimate of drug-likeness (QED) is 0.672. The number of aromatic nitrogens is 4. The molecule has 3 heterocycles. The monoisotopic (exact) mass is 405 g/mol. The summed E-state index contributed by atoms with van der Waals surface area (Å²) in [4.78, 5) is 17.7. The lowest BCUT2D eigenvalue weighted by molar-refractivity contribution is 0.690. The Labute approximate surface area is 173 Å². The summed E-state index contributed by atoms with van der Waals surface area (Å²) in [6.45, 7) is 7.84. The van der Waals surface area contributed by atoms with Crippen molar-refractivity contribution in [3.63, 3.8) is 0 Å². The fourth-order valence-corrected chi connectivity index (χ4v) is 3.52. The van der Waals surface area contributed by atoms with Gasteiger partial charge in [0.15, 0.2) is 0 Å². The van der Waals surface area contributed by atoms with Gasteiger partial charge in [0.1, 0.15) is 17.3 Å². The van der Waals surface area contributed by atoms with Crippen LogP contribution in [0.5, 0.6) is 0 Å². The lowest BCUT2D eigenvalue weighted by Gasteiger charge is -2.09. The van der Waals surface area contributed by atoms with Crippen molar-refractivity contribution in [3.05, 3.63) is 64.6 Å². The van der Waals surface area contributed by atoms with E-state index >= 15 is 0 Å². The molecular weight excluding hydrogens is 382 g/mol. The molecule has 0 aliphatic heterocycles. The van der Waals surface area contributed by atoms with E-state index in [2.05, 4.69) is 36.5 Å². The van der Waals surface area contributed by atoms with Gasteiger partial charge in [-0.3, -0.25) is 9.97 Å². The molecule has 3 aromatic heterocycles. The van der Waals surface area contributed by atoms with Crippen molar-refractivity contribution in [3.8, 4) is 23.1 Å². The van der Waals surface area contributed by atoms with Gasteiger partial charge in [-0.05, 0) is 45.4 Å². The van der Waals surface area contributed by atoms with Crippen molar-refractivity contribution in [1.82, 2.24) is 19.9 Å². The molecule has 1 atom stereocenters. The van der Waals surface area contributed by atoms with E-state index in [0.717, 1.165) is 51.6 Å². The van der Waals surface area contributed by atoms with Crippen molar-refractivity contribution in [2.75, 3.05) is 11.0 Å². The molecule has 0 radical (unpaired) electrons. The second-order valence-electron chi connectivity index (χ2n) is 6.70. The van der Waals surface area contributed by atoms with E-state index in [9.17, 15) is 4.21 Å². The van der Waals surface area contributed by atoms with Crippen LogP contribution in [0.1, 0.15) is 40.8 Å². The minimum absolute atomic E-state index is 0.707. The molecule has 0 saturated carbocycles. The molecule has 1 N–H and O–H groups in total. The van der Waals surface area contributed by atoms with Crippen LogP contribution < -0.4 is 4.72 Å². The minimum Gasteiger partial charge on any atom is -0.304 e. The van der Waals surface area contributed by atoms with Crippen LogP contribution in [0.25, 0.3) is 11.3 Å². The molecule has 3 rings (SSSR count). The van der Waals surface area contributed by atoms with E-state index < -0.39 is 11.0 Å². The Morgan fingerprint density at radius 2 is 1.76 bits per heavy atom. The molecule has 29 heavy (non-hydrogen) atoms. The summed E-state index contributed by atoms with van der Waals surface area (Å²) in [5, 5.41) is 0. The zero-order valence-corrected chi connectivity index (χ0v) is 18.0. The van der Waals surface area contributed by atoms with Gasteiger partial charge in [-0.2, -0.15) is 0 Å². The van der Waals surface area contributed by atoms with Crippen molar-refractivity contribution in [2.24, 2.45) is 0 Å². The van der Waals surface area contributed by atoms with Crippen molar-refractivity contribution in [1.29, 1.82) is 0 Å². The van der Waals surface area contributed by atoms with Gasteiger partial charge in [-0.25, -0.2) is 14.2 Å². The highest BCUT2D eigenvalue weighted by Crippen LogP contribution is 2.24. The van der Waals surface area contributed by atoms with Gasteiger partial charge in [0.05, 0.1) is 28.3 Å². The highest BCUT2D eigenvalue weighted by molar-refractivity contribution is 7.85. The lowest BCUT2D eigenvalue weighted by Crippen LogP contribution is -2.04. The molecule has 6 nitrogen and oxygen atoms in total. The van der Waals surface area contributed by atoms with Gasteiger partial charge >= 0.3 is 0 Å². The van der Waals surface area contributed by atoms with E-state index in [0.29, 0.717) is 5.69 Å². The zero-order valence-electron chi connectivity index (χ0n) is 17.2. The lowest BCUT2D eigenvalue weighted by atomic mass is 10.0. The molecule has 0 aromatic carbocycles. The number of hydrogen-bond donors (Lipinski definition) is 1. The zero-order chi connectivity index (χ0) is 21.0. The van der Waals surface area contributed by atoms with E-state index in [1.54, 1.807) is 18.8 Å². The number of nitrogens with zero attached hydrogens (tertiary/aromatic N) is 4. The molecule has 7 heteroatoms. The Morgan fingerprint density at radius 1 is 1.03 bits per heavy atom. The van der Waals surface area contributed by atoms with Crippen LogP contribution in [-0.4, -0.2) is 30.4 Å². The third-order valence-electron chi connectivity index (χ3n) is 4.29. The summed E-state index contributed by atoms with van der Waals surface area (Å²) >= 11 is 0. The molecule has 0 aliphatic rings. The topological polar surface area (TPSA) is 80.7 Å². The van der Waals surface area contributed by atoms with E-state index in [-0.39, 0.29) is 0 Å². The predicted molar refractivity (Wildman–Crippen MR) is 117 cm³/mol. The largest absolute Gasteiger partial charge is 0.304 e. The fourth-order valence-electron chi connectivity index (χ4n) is 3.01. The molecule has 0 saturated heterocycles. The van der Waals surface area contributed by atoms with E-state index in [1.807, 2.05) is 45.9 Å². The minimum atomic E-state index is -1.18. The third-order valence-corrected chi connectivity index (χ3v) is 4.80. The number of aryl methyl sites for hydroxylation is 4. The SMILES string of the molecule is CCc1ncnc(-c2cc(C)nc(C)c2)c1C#Cc1cnc(C)c(NS(C)=O)c1. The van der Waals surface area contributed by atoms with E-state index in [4.69, 9.17) is 0 Å². The highest BCUT2D eigenvalue weighted by atomic mass is 32.2. The average Bonchev–Trinajstić information content (AvgIpc) is 2.67. The first-order chi connectivity index (χ1) is 13.9. The van der Waals surface area contributed by atoms with Crippen molar-refractivity contribution >= 4 is 16.7 Å². The summed E-state index contributed by atoms with van der Waals surface area (Å²) in [6, 6.07) is 5.87. The number of pyridine rings is 2. The second-order valence-corrected chi connectivity index (χ2v) is 7.81. The van der Waals surface area contributed by atoms with Crippen molar-refractivity contribution < 1.29 is 4.21 Å². The molecule has 0 aliphatic carbocycles. The van der Waals surface area contributed by atoms with Gasteiger partial charge in [0.25, 0.3) is 0 Å². The third kappa shape index (κ3) is 5.04. The summed E-state index contributed by atoms with van der Waals surface area (Å²) < 4.78 is 14.4. The van der Waals surface area contributed by atoms with E-state index in [1.165, 1.54) is 0 Å². The van der Waals surface area contributed by atoms with Crippen molar-refractivity contribution in [2.45, 2.75) is 34.1 Å². The standard InChI is InChI=1S/C22H23N5OS/c1-6-20-19(8-7-17-11-21(27-29(5)28)16(4)23-12-17)22(25-13-24-20)18-9-14(2)26-15(3)10-18/h9-13,27H,6H2,1-5H3. The normalized spacial score (nSPS) is 11.5. The summed E-state index contributed by atoms with van der Waals surface area (Å²) in [7, 11) is -1.18. The van der Waals surface area contributed by atoms with Gasteiger partial charge < -0.3 is 4.72 Å². The number of rotatable bonds is 4. The van der Waals surface area contributed by atoms with Gasteiger partial charge in [-0.1, -0.05) is 18.8 Å². The molecule has 0 spiro atoms. The predicted octanol–water partition coefficient (Wildman–Crippen LogP) is 3.53. The maximum absolute atomic E-state index is 11.5. The van der Waals surface area contributed by atoms with Gasteiger partial charge in [-0.15, -0.1) is 0 Å². The molecule has 3 aromatic rings. The van der Waals surface area contributed by atoms with Crippen LogP contribution in [0.2, 0.25) is 0 Å². The first-order valence-corrected chi connectivity index (χ1v) is 10.8. The maximum atomic E-state index is 11.5. The van der Waals surface area contributed by atoms with Crippen LogP contribution in [-0.2, 0) is 17.4 Å². The Morgan fingerprint density at radius 3 is 2.41 bits per heavy atom. The Bertz CT molecular complexity index is 1130. The average molecular weight is 406 g/mol. The van der Waals surface area contributed by atoms with Crippen LogP contribution in [0.15, 0.2) is 30.7 Å². The molecule has 0 fully saturated rings. The smallest absolute Gasteiger partial charge is 0.116 e.